The van der Waals surface area contributed by atoms with Crippen LogP contribution in [-0.4, -0.2) is 86.6 Å². The summed E-state index contributed by atoms with van der Waals surface area (Å²) in [6.07, 6.45) is 2.96. The second-order valence-corrected chi connectivity index (χ2v) is 11.1. The second kappa shape index (κ2) is 8.28. The van der Waals surface area contributed by atoms with E-state index in [-0.39, 0.29) is 41.7 Å². The fourth-order valence-corrected chi connectivity index (χ4v) is 6.68. The van der Waals surface area contributed by atoms with Gasteiger partial charge < -0.3 is 9.80 Å². The Morgan fingerprint density at radius 1 is 1.10 bits per heavy atom. The Balaban J connectivity index is 1.33. The molecule has 1 aromatic rings. The first kappa shape index (κ1) is 20.7. The zero-order chi connectivity index (χ0) is 20.6. The minimum Gasteiger partial charge on any atom is -0.340 e. The van der Waals surface area contributed by atoms with Crippen LogP contribution in [-0.2, 0) is 19.4 Å². The van der Waals surface area contributed by atoms with Crippen LogP contribution < -0.4 is 4.90 Å². The Morgan fingerprint density at radius 3 is 2.38 bits per heavy atom. The Kier molecular flexibility index (Phi) is 5.90. The molecule has 0 radical (unpaired) electrons. The highest BCUT2D eigenvalue weighted by Gasteiger charge is 2.39. The van der Waals surface area contributed by atoms with E-state index in [4.69, 9.17) is 0 Å². The fourth-order valence-electron chi connectivity index (χ4n) is 4.51. The van der Waals surface area contributed by atoms with E-state index < -0.39 is 9.84 Å². The summed E-state index contributed by atoms with van der Waals surface area (Å²) in [6.45, 7) is 3.03. The average molecular weight is 438 g/mol. The van der Waals surface area contributed by atoms with Gasteiger partial charge in [-0.1, -0.05) is 0 Å². The standard InChI is InChI=1S/C20H27N3O4S2/c1-28-18-4-2-16(3-5-18)23-13-15(12-19(23)24)20(25)22-9-7-21(8-10-22)17-6-11-29(26,27)14-17/h2-5,15,17H,6-14H2,1H3. The van der Waals surface area contributed by atoms with Crippen LogP contribution in [0.3, 0.4) is 0 Å². The van der Waals surface area contributed by atoms with Gasteiger partial charge in [0.1, 0.15) is 0 Å². The van der Waals surface area contributed by atoms with E-state index in [2.05, 4.69) is 4.90 Å². The van der Waals surface area contributed by atoms with Crippen LogP contribution in [0.5, 0.6) is 0 Å². The lowest BCUT2D eigenvalue weighted by molar-refractivity contribution is -0.137. The molecule has 7 nitrogen and oxygen atoms in total. The second-order valence-electron chi connectivity index (χ2n) is 8.02. The largest absolute Gasteiger partial charge is 0.340 e. The molecule has 3 heterocycles. The maximum absolute atomic E-state index is 13.0. The lowest BCUT2D eigenvalue weighted by atomic mass is 10.1. The Labute approximate surface area is 176 Å². The molecule has 0 N–H and O–H groups in total. The lowest BCUT2D eigenvalue weighted by Crippen LogP contribution is -2.53. The number of hydrogen-bond donors (Lipinski definition) is 0. The maximum Gasteiger partial charge on any atom is 0.228 e. The molecule has 0 bridgehead atoms. The van der Waals surface area contributed by atoms with Gasteiger partial charge in [-0.15, -0.1) is 11.8 Å². The van der Waals surface area contributed by atoms with E-state index in [0.29, 0.717) is 39.1 Å². The molecule has 4 rings (SSSR count). The number of carbonyl (C=O) groups excluding carboxylic acids is 2. The summed E-state index contributed by atoms with van der Waals surface area (Å²) in [5, 5.41) is 0. The molecule has 2 unspecified atom stereocenters. The van der Waals surface area contributed by atoms with Crippen LogP contribution in [0.2, 0.25) is 0 Å². The highest BCUT2D eigenvalue weighted by Crippen LogP contribution is 2.28. The number of sulfone groups is 1. The number of anilines is 1. The number of amides is 2. The number of thioether (sulfide) groups is 1. The van der Waals surface area contributed by atoms with Crippen molar-refractivity contribution in [1.82, 2.24) is 9.80 Å². The molecule has 3 saturated heterocycles. The molecule has 3 aliphatic heterocycles. The minimum absolute atomic E-state index is 0.00458. The summed E-state index contributed by atoms with van der Waals surface area (Å²) in [6, 6.07) is 7.94. The van der Waals surface area contributed by atoms with E-state index in [1.165, 1.54) is 0 Å². The normalized spacial score (nSPS) is 27.6. The molecule has 29 heavy (non-hydrogen) atoms. The van der Waals surface area contributed by atoms with Gasteiger partial charge in [-0.25, -0.2) is 8.42 Å². The first-order valence-electron chi connectivity index (χ1n) is 10.0. The number of hydrogen-bond acceptors (Lipinski definition) is 6. The van der Waals surface area contributed by atoms with E-state index in [9.17, 15) is 18.0 Å². The van der Waals surface area contributed by atoms with Crippen molar-refractivity contribution in [2.75, 3.05) is 55.4 Å². The predicted octanol–water partition coefficient (Wildman–Crippen LogP) is 1.09. The minimum atomic E-state index is -2.90. The van der Waals surface area contributed by atoms with Crippen LogP contribution in [0.4, 0.5) is 5.69 Å². The summed E-state index contributed by atoms with van der Waals surface area (Å²) < 4.78 is 23.4. The van der Waals surface area contributed by atoms with Crippen molar-refractivity contribution in [2.45, 2.75) is 23.8 Å². The quantitative estimate of drug-likeness (QED) is 0.657. The Bertz CT molecular complexity index is 879. The first-order chi connectivity index (χ1) is 13.9. The average Bonchev–Trinajstić information content (AvgIpc) is 3.29. The van der Waals surface area contributed by atoms with E-state index in [1.54, 1.807) is 16.7 Å². The molecule has 9 heteroatoms. The molecular weight excluding hydrogens is 410 g/mol. The van der Waals surface area contributed by atoms with Gasteiger partial charge in [-0.05, 0) is 36.9 Å². The summed E-state index contributed by atoms with van der Waals surface area (Å²) in [4.78, 5) is 32.4. The van der Waals surface area contributed by atoms with Crippen LogP contribution in [0, 0.1) is 5.92 Å². The van der Waals surface area contributed by atoms with Crippen LogP contribution in [0.25, 0.3) is 0 Å². The van der Waals surface area contributed by atoms with Crippen molar-refractivity contribution in [3.63, 3.8) is 0 Å². The molecule has 0 spiro atoms. The van der Waals surface area contributed by atoms with Gasteiger partial charge in [0.25, 0.3) is 0 Å². The van der Waals surface area contributed by atoms with Gasteiger partial charge in [0, 0.05) is 55.8 Å². The zero-order valence-corrected chi connectivity index (χ0v) is 18.3. The van der Waals surface area contributed by atoms with Gasteiger partial charge in [0.2, 0.25) is 11.8 Å². The summed E-state index contributed by atoms with van der Waals surface area (Å²) in [5.74, 6) is 0.244. The molecule has 0 aliphatic carbocycles. The number of benzene rings is 1. The lowest BCUT2D eigenvalue weighted by Gasteiger charge is -2.38. The topological polar surface area (TPSA) is 78.0 Å². The van der Waals surface area contributed by atoms with Crippen LogP contribution >= 0.6 is 11.8 Å². The number of rotatable bonds is 4. The van der Waals surface area contributed by atoms with Crippen molar-refractivity contribution in [2.24, 2.45) is 5.92 Å². The highest BCUT2D eigenvalue weighted by atomic mass is 32.2. The molecule has 0 aromatic heterocycles. The molecule has 1 aromatic carbocycles. The van der Waals surface area contributed by atoms with Crippen molar-refractivity contribution >= 4 is 39.1 Å². The van der Waals surface area contributed by atoms with Crippen molar-refractivity contribution in [3.8, 4) is 0 Å². The fraction of sp³-hybridized carbons (Fsp3) is 0.600. The van der Waals surface area contributed by atoms with E-state index >= 15 is 0 Å². The first-order valence-corrected chi connectivity index (χ1v) is 13.1. The molecule has 2 amide bonds. The van der Waals surface area contributed by atoms with Crippen LogP contribution in [0.15, 0.2) is 29.2 Å². The summed E-state index contributed by atoms with van der Waals surface area (Å²) in [7, 11) is -2.90. The highest BCUT2D eigenvalue weighted by molar-refractivity contribution is 7.98. The molecule has 0 saturated carbocycles. The third kappa shape index (κ3) is 4.46. The molecule has 158 valence electrons. The van der Waals surface area contributed by atoms with E-state index in [1.807, 2.05) is 35.4 Å². The number of piperazine rings is 1. The van der Waals surface area contributed by atoms with Gasteiger partial charge in [0.15, 0.2) is 9.84 Å². The molecule has 3 fully saturated rings. The third-order valence-electron chi connectivity index (χ3n) is 6.21. The molecular formula is C20H27N3O4S2. The van der Waals surface area contributed by atoms with Gasteiger partial charge in [-0.2, -0.15) is 0 Å². The van der Waals surface area contributed by atoms with Gasteiger partial charge >= 0.3 is 0 Å². The summed E-state index contributed by atoms with van der Waals surface area (Å²) >= 11 is 1.65. The van der Waals surface area contributed by atoms with Crippen molar-refractivity contribution in [1.29, 1.82) is 0 Å². The zero-order valence-electron chi connectivity index (χ0n) is 16.6. The molecule has 3 aliphatic rings. The van der Waals surface area contributed by atoms with Gasteiger partial charge in [0.05, 0.1) is 17.4 Å². The Morgan fingerprint density at radius 2 is 1.79 bits per heavy atom. The van der Waals surface area contributed by atoms with E-state index in [0.717, 1.165) is 10.6 Å². The predicted molar refractivity (Wildman–Crippen MR) is 114 cm³/mol. The monoisotopic (exact) mass is 437 g/mol. The Hall–Kier alpha value is -1.58. The number of nitrogens with zero attached hydrogens (tertiary/aromatic N) is 3. The van der Waals surface area contributed by atoms with Crippen LogP contribution in [0.1, 0.15) is 12.8 Å². The summed E-state index contributed by atoms with van der Waals surface area (Å²) in [5.41, 5.74) is 0.843. The number of carbonyl (C=O) groups is 2. The smallest absolute Gasteiger partial charge is 0.228 e. The maximum atomic E-state index is 13.0. The van der Waals surface area contributed by atoms with Crippen molar-refractivity contribution < 1.29 is 18.0 Å². The van der Waals surface area contributed by atoms with Crippen molar-refractivity contribution in [3.05, 3.63) is 24.3 Å². The van der Waals surface area contributed by atoms with Gasteiger partial charge in [-0.3, -0.25) is 14.5 Å². The third-order valence-corrected chi connectivity index (χ3v) is 8.70. The molecule has 2 atom stereocenters. The SMILES string of the molecule is CSc1ccc(N2CC(C(=O)N3CCN(C4CCS(=O)(=O)C4)CC3)CC2=O)cc1.